The van der Waals surface area contributed by atoms with Gasteiger partial charge >= 0.3 is 0 Å². The van der Waals surface area contributed by atoms with Crippen LogP contribution in [0.1, 0.15) is 41.5 Å². The second kappa shape index (κ2) is 23.7. The van der Waals surface area contributed by atoms with Crippen LogP contribution in [0.15, 0.2) is 145 Å². The molecule has 1 unspecified atom stereocenters. The molecule has 8 N–H and O–H groups in total. The summed E-state index contributed by atoms with van der Waals surface area (Å²) in [5.41, 5.74) is 19.7. The van der Waals surface area contributed by atoms with Gasteiger partial charge in [-0.2, -0.15) is 5.26 Å². The van der Waals surface area contributed by atoms with Crippen molar-refractivity contribution < 1.29 is 24.3 Å². The first-order chi connectivity index (χ1) is 26.2. The summed E-state index contributed by atoms with van der Waals surface area (Å²) in [4.78, 5) is 43.7. The van der Waals surface area contributed by atoms with Crippen molar-refractivity contribution in [3.8, 4) is 6.07 Å². The lowest BCUT2D eigenvalue weighted by molar-refractivity contribution is -0.123. The van der Waals surface area contributed by atoms with E-state index in [1.165, 1.54) is 6.20 Å². The lowest BCUT2D eigenvalue weighted by Crippen LogP contribution is -2.47. The average molecular weight is 729 g/mol. The van der Waals surface area contributed by atoms with Gasteiger partial charge in [-0.05, 0) is 47.2 Å². The average Bonchev–Trinajstić information content (AvgIpc) is 3.54. The van der Waals surface area contributed by atoms with Gasteiger partial charge < -0.3 is 37.0 Å². The molecule has 5 aromatic rings. The van der Waals surface area contributed by atoms with Gasteiger partial charge in [0.05, 0.1) is 5.57 Å². The van der Waals surface area contributed by atoms with E-state index in [2.05, 4.69) is 11.1 Å². The molecular formula is C43H48N6O5. The summed E-state index contributed by atoms with van der Waals surface area (Å²) in [6, 6.07) is 39.8. The fraction of sp³-hybridized carbons (Fsp3) is 0.186. The predicted octanol–water partition coefficient (Wildman–Crippen LogP) is 4.92. The third-order valence-corrected chi connectivity index (χ3v) is 8.31. The molecule has 0 radical (unpaired) electrons. The Morgan fingerprint density at radius 2 is 1.33 bits per heavy atom. The SMILES string of the molecule is CO.Cn1cc(CC(C/C=C\C(C#N)=C/N)C(N)=O)c2ccccc21.NC=O.O=CCCC(=O)NC(c1ccccc1)(c1ccccc1)c1ccccc1. The van der Waals surface area contributed by atoms with E-state index in [-0.39, 0.29) is 37.0 Å². The zero-order chi connectivity index (χ0) is 39.8. The van der Waals surface area contributed by atoms with E-state index in [4.69, 9.17) is 26.6 Å². The standard InChI is InChI=1S/C23H21NO2.C18H20N4O.CH3NO.CH4O/c25-18-10-17-22(26)24-23(19-11-4-1-5-12-19,20-13-6-2-7-14-20)21-15-8-3-9-16-21;1-22-12-15(16-7-2-3-8-17(16)22)9-14(18(21)23)6-4-5-13(10-19)11-20;2-1-3;1-2/h1-9,11-16,18H,10,17H2,(H,24,26);2-5,7-8,10,12,14H,6,9,19H2,1H3,(H2,21,23);1H,(H2,2,3);2H,1H3/b;5-4-,13-10+;;. The highest BCUT2D eigenvalue weighted by atomic mass is 16.2. The van der Waals surface area contributed by atoms with Gasteiger partial charge in [-0.15, -0.1) is 0 Å². The number of carbonyl (C=O) groups excluding carboxylic acids is 4. The van der Waals surface area contributed by atoms with E-state index in [1.54, 1.807) is 12.2 Å². The highest BCUT2D eigenvalue weighted by Crippen LogP contribution is 2.37. The van der Waals surface area contributed by atoms with Gasteiger partial charge in [-0.1, -0.05) is 115 Å². The van der Waals surface area contributed by atoms with Crippen molar-refractivity contribution in [2.24, 2.45) is 30.2 Å². The predicted molar refractivity (Wildman–Crippen MR) is 212 cm³/mol. The van der Waals surface area contributed by atoms with Crippen LogP contribution in [0.3, 0.4) is 0 Å². The molecule has 5 rings (SSSR count). The second-order valence-electron chi connectivity index (χ2n) is 11.7. The van der Waals surface area contributed by atoms with Crippen molar-refractivity contribution in [1.82, 2.24) is 9.88 Å². The molecule has 4 aromatic carbocycles. The van der Waals surface area contributed by atoms with Crippen LogP contribution in [-0.4, -0.2) is 41.3 Å². The molecule has 11 nitrogen and oxygen atoms in total. The lowest BCUT2D eigenvalue weighted by atomic mass is 9.77. The number of nitrogens with one attached hydrogen (secondary N) is 1. The molecule has 0 spiro atoms. The van der Waals surface area contributed by atoms with Gasteiger partial charge in [0.2, 0.25) is 18.2 Å². The molecule has 3 amide bonds. The van der Waals surface area contributed by atoms with Crippen molar-refractivity contribution >= 4 is 35.4 Å². The number of aryl methyl sites for hydroxylation is 1. The third-order valence-electron chi connectivity index (χ3n) is 8.31. The molecule has 11 heteroatoms. The first kappa shape index (κ1) is 43.4. The fourth-order valence-electron chi connectivity index (χ4n) is 5.89. The number of carbonyl (C=O) groups is 4. The molecule has 1 aromatic heterocycles. The number of nitrogens with zero attached hydrogens (tertiary/aromatic N) is 2. The Labute approximate surface area is 316 Å². The molecule has 0 aliphatic heterocycles. The van der Waals surface area contributed by atoms with Gasteiger partial charge in [-0.25, -0.2) is 0 Å². The molecule has 1 atom stereocenters. The number of amides is 3. The van der Waals surface area contributed by atoms with Crippen LogP contribution in [0.4, 0.5) is 0 Å². The Morgan fingerprint density at radius 1 is 0.852 bits per heavy atom. The van der Waals surface area contributed by atoms with Gasteiger partial charge in [0.25, 0.3) is 0 Å². The lowest BCUT2D eigenvalue weighted by Gasteiger charge is -2.37. The molecule has 0 saturated carbocycles. The monoisotopic (exact) mass is 728 g/mol. The Morgan fingerprint density at radius 3 is 1.78 bits per heavy atom. The molecule has 0 fully saturated rings. The number of primary amides is 2. The number of nitrogens with two attached hydrogens (primary N) is 3. The number of fused-ring (bicyclic) bond motifs is 1. The summed E-state index contributed by atoms with van der Waals surface area (Å²) in [5, 5.41) is 20.2. The molecule has 1 heterocycles. The van der Waals surface area contributed by atoms with Crippen LogP contribution >= 0.6 is 0 Å². The second-order valence-corrected chi connectivity index (χ2v) is 11.7. The molecule has 54 heavy (non-hydrogen) atoms. The van der Waals surface area contributed by atoms with Gasteiger partial charge in [0, 0.05) is 56.2 Å². The number of aliphatic hydroxyl groups is 1. The number of para-hydroxylation sites is 1. The first-order valence-electron chi connectivity index (χ1n) is 17.1. The van der Waals surface area contributed by atoms with E-state index in [1.807, 2.05) is 139 Å². The maximum atomic E-state index is 12.7. The Hall–Kier alpha value is -6.77. The Kier molecular flexibility index (Phi) is 19.0. The molecule has 0 aliphatic rings. The number of rotatable bonds is 13. The number of nitriles is 1. The quantitative estimate of drug-likeness (QED) is 0.0489. The summed E-state index contributed by atoms with van der Waals surface area (Å²) in [5.74, 6) is -0.832. The number of hydrogen-bond donors (Lipinski definition) is 5. The topological polar surface area (TPSA) is 207 Å². The number of allylic oxidation sites excluding steroid dienone is 3. The van der Waals surface area contributed by atoms with Crippen LogP contribution < -0.4 is 22.5 Å². The van der Waals surface area contributed by atoms with Gasteiger partial charge in [0.1, 0.15) is 17.9 Å². The minimum Gasteiger partial charge on any atom is -0.404 e. The van der Waals surface area contributed by atoms with Crippen molar-refractivity contribution in [2.45, 2.75) is 31.2 Å². The van der Waals surface area contributed by atoms with E-state index in [0.717, 1.165) is 46.6 Å². The highest BCUT2D eigenvalue weighted by Gasteiger charge is 2.37. The molecular weight excluding hydrogens is 681 g/mol. The van der Waals surface area contributed by atoms with E-state index in [9.17, 15) is 14.4 Å². The van der Waals surface area contributed by atoms with Crippen LogP contribution in [0.5, 0.6) is 0 Å². The summed E-state index contributed by atoms with van der Waals surface area (Å²) < 4.78 is 2.05. The first-order valence-corrected chi connectivity index (χ1v) is 17.1. The van der Waals surface area contributed by atoms with Crippen molar-refractivity contribution in [2.75, 3.05) is 7.11 Å². The smallest absolute Gasteiger partial charge is 0.221 e. The molecule has 280 valence electrons. The highest BCUT2D eigenvalue weighted by molar-refractivity contribution is 5.85. The minimum absolute atomic E-state index is 0.159. The zero-order valence-electron chi connectivity index (χ0n) is 30.5. The normalized spacial score (nSPS) is 11.3. The zero-order valence-corrected chi connectivity index (χ0v) is 30.5. The van der Waals surface area contributed by atoms with Crippen molar-refractivity contribution in [1.29, 1.82) is 5.26 Å². The molecule has 0 aliphatic carbocycles. The summed E-state index contributed by atoms with van der Waals surface area (Å²) in [7, 11) is 2.98. The number of benzene rings is 4. The van der Waals surface area contributed by atoms with Crippen LogP contribution in [0, 0.1) is 17.2 Å². The Bertz CT molecular complexity index is 1910. The summed E-state index contributed by atoms with van der Waals surface area (Å²) in [6.45, 7) is 0. The van der Waals surface area contributed by atoms with Crippen LogP contribution in [-0.2, 0) is 38.2 Å². The van der Waals surface area contributed by atoms with Crippen LogP contribution in [0.2, 0.25) is 0 Å². The van der Waals surface area contributed by atoms with E-state index >= 15 is 0 Å². The maximum absolute atomic E-state index is 12.7. The minimum atomic E-state index is -0.816. The van der Waals surface area contributed by atoms with E-state index < -0.39 is 5.54 Å². The Balaban J connectivity index is 0.000000336. The number of aromatic nitrogens is 1. The van der Waals surface area contributed by atoms with Crippen molar-refractivity contribution in [3.05, 3.63) is 168 Å². The molecule has 0 saturated heterocycles. The number of aldehydes is 1. The number of aliphatic hydroxyl groups excluding tert-OH is 1. The largest absolute Gasteiger partial charge is 0.404 e. The van der Waals surface area contributed by atoms with Crippen LogP contribution in [0.25, 0.3) is 10.9 Å². The summed E-state index contributed by atoms with van der Waals surface area (Å²) in [6.07, 6.45) is 9.08. The van der Waals surface area contributed by atoms with E-state index in [0.29, 0.717) is 18.4 Å². The summed E-state index contributed by atoms with van der Waals surface area (Å²) >= 11 is 0. The maximum Gasteiger partial charge on any atom is 0.221 e. The van der Waals surface area contributed by atoms with Gasteiger partial charge in [-0.3, -0.25) is 14.4 Å². The fourth-order valence-corrected chi connectivity index (χ4v) is 5.89. The van der Waals surface area contributed by atoms with Gasteiger partial charge in [0.15, 0.2) is 0 Å². The van der Waals surface area contributed by atoms with Crippen molar-refractivity contribution in [3.63, 3.8) is 0 Å². The number of hydrogen-bond acceptors (Lipinski definition) is 7. The third kappa shape index (κ3) is 12.2. The molecule has 0 bridgehead atoms.